The second-order valence-electron chi connectivity index (χ2n) is 4.41. The van der Waals surface area contributed by atoms with Crippen LogP contribution in [0.25, 0.3) is 0 Å². The third-order valence-electron chi connectivity index (χ3n) is 2.55. The van der Waals surface area contributed by atoms with Crippen LogP contribution in [-0.4, -0.2) is 0 Å². The molecule has 0 bridgehead atoms. The van der Waals surface area contributed by atoms with E-state index in [0.29, 0.717) is 5.56 Å². The topological polar surface area (TPSA) is 0 Å². The van der Waals surface area contributed by atoms with Crippen LogP contribution in [0, 0.1) is 33.5 Å². The van der Waals surface area contributed by atoms with Gasteiger partial charge in [-0.3, -0.25) is 0 Å². The Labute approximate surface area is 110 Å². The van der Waals surface area contributed by atoms with Gasteiger partial charge in [-0.25, -0.2) is 4.39 Å². The lowest BCUT2D eigenvalue weighted by molar-refractivity contribution is 0.617. The fourth-order valence-electron chi connectivity index (χ4n) is 1.33. The van der Waals surface area contributed by atoms with Crippen molar-refractivity contribution in [1.29, 1.82) is 0 Å². The van der Waals surface area contributed by atoms with Gasteiger partial charge in [0.05, 0.1) is 0 Å². The molecule has 0 atom stereocenters. The quantitative estimate of drug-likeness (QED) is 0.585. The van der Waals surface area contributed by atoms with Gasteiger partial charge in [0, 0.05) is 0 Å². The van der Waals surface area contributed by atoms with Crippen LogP contribution in [0.1, 0.15) is 29.7 Å². The summed E-state index contributed by atoms with van der Waals surface area (Å²) in [7, 11) is 0. The van der Waals surface area contributed by atoms with E-state index in [-0.39, 0.29) is 13.2 Å². The summed E-state index contributed by atoms with van der Waals surface area (Å²) in [6, 6.07) is 13.7. The molecule has 0 aliphatic heterocycles. The second-order valence-corrected chi connectivity index (χ2v) is 4.41. The molecule has 2 rings (SSSR count). The predicted molar refractivity (Wildman–Crippen MR) is 78.5 cm³/mol. The Kier molecular flexibility index (Phi) is 6.96. The van der Waals surface area contributed by atoms with Crippen molar-refractivity contribution in [2.45, 2.75) is 35.1 Å². The Morgan fingerprint density at radius 2 is 1.06 bits per heavy atom. The van der Waals surface area contributed by atoms with Crippen molar-refractivity contribution in [2.24, 2.45) is 0 Å². The lowest BCUT2D eigenvalue weighted by Gasteiger charge is -1.94. The van der Waals surface area contributed by atoms with Gasteiger partial charge in [0.1, 0.15) is 5.82 Å². The lowest BCUT2D eigenvalue weighted by Crippen LogP contribution is -1.81. The van der Waals surface area contributed by atoms with E-state index in [0.717, 1.165) is 5.56 Å². The zero-order valence-corrected chi connectivity index (χ0v) is 10.9. The molecule has 0 nitrogen and oxygen atoms in total. The molecule has 0 saturated heterocycles. The lowest BCUT2D eigenvalue weighted by atomic mass is 10.2. The molecule has 2 aromatic rings. The van der Waals surface area contributed by atoms with Crippen molar-refractivity contribution >= 4 is 0 Å². The van der Waals surface area contributed by atoms with Crippen LogP contribution < -0.4 is 0 Å². The van der Waals surface area contributed by atoms with Crippen LogP contribution in [0.4, 0.5) is 4.39 Å². The molecule has 0 amide bonds. The average molecular weight is 246 g/mol. The summed E-state index contributed by atoms with van der Waals surface area (Å²) in [5, 5.41) is 0. The third-order valence-corrected chi connectivity index (χ3v) is 2.55. The van der Waals surface area contributed by atoms with Gasteiger partial charge in [-0.15, -0.1) is 0 Å². The molecule has 1 heteroatoms. The maximum Gasteiger partial charge on any atom is 0.126 e. The molecule has 18 heavy (non-hydrogen) atoms. The maximum absolute atomic E-state index is 12.6. The van der Waals surface area contributed by atoms with Crippen molar-refractivity contribution in [3.63, 3.8) is 0 Å². The van der Waals surface area contributed by atoms with Gasteiger partial charge in [-0.1, -0.05) is 55.0 Å². The Morgan fingerprint density at radius 3 is 1.39 bits per heavy atom. The van der Waals surface area contributed by atoms with Crippen LogP contribution in [-0.2, 0) is 0 Å². The molecule has 98 valence electrons. The highest BCUT2D eigenvalue weighted by Gasteiger charge is 1.93. The first-order valence-electron chi connectivity index (χ1n) is 5.75. The molecule has 0 aliphatic carbocycles. The van der Waals surface area contributed by atoms with E-state index in [2.05, 4.69) is 38.1 Å². The Bertz CT molecular complexity index is 448. The first-order valence-corrected chi connectivity index (χ1v) is 5.75. The van der Waals surface area contributed by atoms with Gasteiger partial charge in [-0.05, 0) is 44.9 Å². The van der Waals surface area contributed by atoms with Crippen molar-refractivity contribution in [2.75, 3.05) is 0 Å². The fraction of sp³-hybridized carbons (Fsp3) is 0.294. The molecule has 0 heterocycles. The van der Waals surface area contributed by atoms with Crippen LogP contribution in [0.5, 0.6) is 0 Å². The molecular formula is C17H23F. The molecule has 0 radical (unpaired) electrons. The Balaban J connectivity index is 0.000000306. The van der Waals surface area contributed by atoms with Gasteiger partial charge in [0.25, 0.3) is 0 Å². The summed E-state index contributed by atoms with van der Waals surface area (Å²) in [5.74, 6) is -0.116. The van der Waals surface area contributed by atoms with Crippen LogP contribution >= 0.6 is 0 Å². The Hall–Kier alpha value is -1.63. The zero-order chi connectivity index (χ0) is 12.8. The number of hydrogen-bond acceptors (Lipinski definition) is 0. The molecule has 2 aromatic carbocycles. The van der Waals surface area contributed by atoms with Gasteiger partial charge < -0.3 is 0 Å². The van der Waals surface area contributed by atoms with E-state index in [9.17, 15) is 4.39 Å². The summed E-state index contributed by atoms with van der Waals surface area (Å²) in [4.78, 5) is 0. The van der Waals surface area contributed by atoms with Crippen LogP contribution in [0.2, 0.25) is 0 Å². The number of hydrogen-bond donors (Lipinski definition) is 0. The van der Waals surface area contributed by atoms with Gasteiger partial charge in [0.2, 0.25) is 0 Å². The number of aryl methyl sites for hydroxylation is 4. The average Bonchev–Trinajstić information content (AvgIpc) is 2.29. The third kappa shape index (κ3) is 5.62. The van der Waals surface area contributed by atoms with E-state index in [1.54, 1.807) is 13.0 Å². The normalized spacial score (nSPS) is 8.94. The van der Waals surface area contributed by atoms with Gasteiger partial charge >= 0.3 is 0 Å². The molecule has 0 aliphatic rings. The van der Waals surface area contributed by atoms with E-state index >= 15 is 0 Å². The molecule has 0 saturated carbocycles. The van der Waals surface area contributed by atoms with Crippen LogP contribution in [0.15, 0.2) is 42.5 Å². The molecular weight excluding hydrogens is 223 g/mol. The molecule has 0 spiro atoms. The standard InChI is InChI=1S/C8H9F.C8H10.CH4/c1-6-3-4-7(2)8(9)5-6;1-7-3-5-8(2)6-4-7;/h3-5H,1-2H3;3-6H,1-2H3;1H4. The summed E-state index contributed by atoms with van der Waals surface area (Å²) < 4.78 is 12.6. The monoisotopic (exact) mass is 246 g/mol. The van der Waals surface area contributed by atoms with Crippen molar-refractivity contribution in [3.05, 3.63) is 70.5 Å². The highest BCUT2D eigenvalue weighted by Crippen LogP contribution is 2.06. The smallest absolute Gasteiger partial charge is 0.126 e. The van der Waals surface area contributed by atoms with Crippen molar-refractivity contribution in [1.82, 2.24) is 0 Å². The van der Waals surface area contributed by atoms with Crippen molar-refractivity contribution < 1.29 is 4.39 Å². The number of halogens is 1. The highest BCUT2D eigenvalue weighted by atomic mass is 19.1. The fourth-order valence-corrected chi connectivity index (χ4v) is 1.33. The van der Waals surface area contributed by atoms with E-state index in [1.807, 2.05) is 13.0 Å². The van der Waals surface area contributed by atoms with Gasteiger partial charge in [0.15, 0.2) is 0 Å². The largest absolute Gasteiger partial charge is 0.207 e. The summed E-state index contributed by atoms with van der Waals surface area (Å²) in [5.41, 5.74) is 4.34. The minimum atomic E-state index is -0.116. The minimum absolute atomic E-state index is 0. The predicted octanol–water partition coefficient (Wildman–Crippen LogP) is 5.38. The van der Waals surface area contributed by atoms with Crippen molar-refractivity contribution in [3.8, 4) is 0 Å². The first-order chi connectivity index (χ1) is 7.99. The van der Waals surface area contributed by atoms with Crippen LogP contribution in [0.3, 0.4) is 0 Å². The number of benzene rings is 2. The van der Waals surface area contributed by atoms with E-state index in [4.69, 9.17) is 0 Å². The Morgan fingerprint density at radius 1 is 0.667 bits per heavy atom. The highest BCUT2D eigenvalue weighted by molar-refractivity contribution is 5.21. The minimum Gasteiger partial charge on any atom is -0.207 e. The molecule has 0 N–H and O–H groups in total. The zero-order valence-electron chi connectivity index (χ0n) is 10.9. The summed E-state index contributed by atoms with van der Waals surface area (Å²) in [6.07, 6.45) is 0. The van der Waals surface area contributed by atoms with E-state index in [1.165, 1.54) is 17.2 Å². The summed E-state index contributed by atoms with van der Waals surface area (Å²) in [6.45, 7) is 7.83. The molecule has 0 aromatic heterocycles. The summed E-state index contributed by atoms with van der Waals surface area (Å²) >= 11 is 0. The second kappa shape index (κ2) is 7.65. The SMILES string of the molecule is C.Cc1ccc(C)c(F)c1.Cc1ccc(C)cc1. The van der Waals surface area contributed by atoms with E-state index < -0.39 is 0 Å². The first kappa shape index (κ1) is 16.4. The molecule has 0 fully saturated rings. The maximum atomic E-state index is 12.6. The number of rotatable bonds is 0. The molecule has 0 unspecified atom stereocenters. The van der Waals surface area contributed by atoms with Gasteiger partial charge in [-0.2, -0.15) is 0 Å².